The Morgan fingerprint density at radius 2 is 2.26 bits per heavy atom. The molecule has 1 amide bonds. The molecule has 2 fully saturated rings. The minimum absolute atomic E-state index is 0.00621. The Bertz CT molecular complexity index is 722. The Labute approximate surface area is 133 Å². The molecule has 2 aromatic heterocycles. The number of fused-ring (bicyclic) bond motifs is 1. The van der Waals surface area contributed by atoms with E-state index in [2.05, 4.69) is 10.1 Å². The molecule has 2 aromatic rings. The molecule has 0 aromatic carbocycles. The Hall–Kier alpha value is -2.15. The van der Waals surface area contributed by atoms with Gasteiger partial charge in [-0.05, 0) is 32.8 Å². The number of hydrogen-bond acceptors (Lipinski definition) is 6. The zero-order valence-corrected chi connectivity index (χ0v) is 13.2. The molecular formula is C16H19N3O4. The molecule has 0 aliphatic carbocycles. The lowest BCUT2D eigenvalue weighted by Crippen LogP contribution is -2.51. The van der Waals surface area contributed by atoms with Gasteiger partial charge in [0.15, 0.2) is 5.82 Å². The molecule has 0 N–H and O–H groups in total. The number of likely N-dealkylation sites (tertiary alicyclic amines) is 1. The zero-order chi connectivity index (χ0) is 16.0. The first-order valence-electron chi connectivity index (χ1n) is 7.90. The van der Waals surface area contributed by atoms with E-state index < -0.39 is 0 Å². The van der Waals surface area contributed by atoms with Gasteiger partial charge >= 0.3 is 0 Å². The summed E-state index contributed by atoms with van der Waals surface area (Å²) in [4.78, 5) is 19.2. The molecule has 4 heterocycles. The number of hydrogen-bond donors (Lipinski definition) is 0. The normalized spacial score (nSPS) is 27.2. The van der Waals surface area contributed by atoms with Gasteiger partial charge < -0.3 is 18.6 Å². The Morgan fingerprint density at radius 1 is 1.39 bits per heavy atom. The average molecular weight is 317 g/mol. The maximum atomic E-state index is 13.0. The Balaban J connectivity index is 1.63. The number of carbonyl (C=O) groups excluding carboxylic acids is 1. The molecular weight excluding hydrogens is 298 g/mol. The number of aryl methyl sites for hydroxylation is 2. The predicted molar refractivity (Wildman–Crippen MR) is 79.0 cm³/mol. The topological polar surface area (TPSA) is 81.6 Å². The molecule has 2 aliphatic rings. The van der Waals surface area contributed by atoms with Crippen LogP contribution in [0.25, 0.3) is 0 Å². The molecule has 0 saturated carbocycles. The van der Waals surface area contributed by atoms with Crippen molar-refractivity contribution in [1.82, 2.24) is 15.0 Å². The lowest BCUT2D eigenvalue weighted by atomic mass is 9.89. The van der Waals surface area contributed by atoms with Crippen molar-refractivity contribution in [3.63, 3.8) is 0 Å². The van der Waals surface area contributed by atoms with Crippen LogP contribution in [0.5, 0.6) is 0 Å². The van der Waals surface area contributed by atoms with Gasteiger partial charge in [0.25, 0.3) is 5.91 Å². The van der Waals surface area contributed by atoms with Gasteiger partial charge in [-0.3, -0.25) is 4.79 Å². The van der Waals surface area contributed by atoms with Gasteiger partial charge in [-0.1, -0.05) is 5.16 Å². The van der Waals surface area contributed by atoms with Crippen LogP contribution in [0.2, 0.25) is 0 Å². The van der Waals surface area contributed by atoms with E-state index in [4.69, 9.17) is 13.7 Å². The van der Waals surface area contributed by atoms with Gasteiger partial charge in [-0.15, -0.1) is 0 Å². The molecule has 2 saturated heterocycles. The minimum Gasteiger partial charge on any atom is -0.469 e. The van der Waals surface area contributed by atoms with Crippen molar-refractivity contribution in [2.45, 2.75) is 44.8 Å². The smallest absolute Gasteiger partial charge is 0.257 e. The fraction of sp³-hybridized carbons (Fsp3) is 0.562. The lowest BCUT2D eigenvalue weighted by molar-refractivity contribution is 0.0123. The number of furan rings is 1. The maximum absolute atomic E-state index is 13.0. The quantitative estimate of drug-likeness (QED) is 0.843. The van der Waals surface area contributed by atoms with E-state index in [1.54, 1.807) is 26.2 Å². The van der Waals surface area contributed by atoms with Gasteiger partial charge in [0.05, 0.1) is 29.9 Å². The van der Waals surface area contributed by atoms with Crippen LogP contribution >= 0.6 is 0 Å². The highest BCUT2D eigenvalue weighted by atomic mass is 16.5. The van der Waals surface area contributed by atoms with Crippen LogP contribution in [-0.4, -0.2) is 46.2 Å². The van der Waals surface area contributed by atoms with Crippen molar-refractivity contribution in [3.05, 3.63) is 35.4 Å². The summed E-state index contributed by atoms with van der Waals surface area (Å²) in [7, 11) is 0. The summed E-state index contributed by atoms with van der Waals surface area (Å²) in [6.07, 6.45) is 3.24. The molecule has 2 aliphatic heterocycles. The van der Waals surface area contributed by atoms with Crippen molar-refractivity contribution in [2.75, 3.05) is 13.2 Å². The van der Waals surface area contributed by atoms with E-state index in [1.165, 1.54) is 0 Å². The minimum atomic E-state index is -0.0160. The fourth-order valence-corrected chi connectivity index (χ4v) is 3.60. The highest BCUT2D eigenvalue weighted by molar-refractivity contribution is 5.95. The van der Waals surface area contributed by atoms with Gasteiger partial charge in [0.1, 0.15) is 5.76 Å². The molecule has 0 bridgehead atoms. The second-order valence-electron chi connectivity index (χ2n) is 6.23. The largest absolute Gasteiger partial charge is 0.469 e. The zero-order valence-electron chi connectivity index (χ0n) is 13.2. The summed E-state index contributed by atoms with van der Waals surface area (Å²) in [6, 6.07) is 1.83. The predicted octanol–water partition coefficient (Wildman–Crippen LogP) is 2.07. The molecule has 4 rings (SSSR count). The number of nitrogens with zero attached hydrogens (tertiary/aromatic N) is 3. The third-order valence-electron chi connectivity index (χ3n) is 4.75. The molecule has 7 nitrogen and oxygen atoms in total. The average Bonchev–Trinajstić information content (AvgIpc) is 3.25. The van der Waals surface area contributed by atoms with Crippen molar-refractivity contribution in [1.29, 1.82) is 0 Å². The van der Waals surface area contributed by atoms with Gasteiger partial charge in [0, 0.05) is 13.2 Å². The number of aromatic nitrogens is 2. The summed E-state index contributed by atoms with van der Waals surface area (Å²) in [5.74, 6) is 1.82. The van der Waals surface area contributed by atoms with Crippen molar-refractivity contribution >= 4 is 5.91 Å². The second-order valence-corrected chi connectivity index (χ2v) is 6.23. The van der Waals surface area contributed by atoms with Gasteiger partial charge in [0.2, 0.25) is 5.89 Å². The summed E-state index contributed by atoms with van der Waals surface area (Å²) < 4.78 is 16.4. The molecule has 0 spiro atoms. The molecule has 0 unspecified atom stereocenters. The van der Waals surface area contributed by atoms with Crippen LogP contribution in [0.3, 0.4) is 0 Å². The summed E-state index contributed by atoms with van der Waals surface area (Å²) in [6.45, 7) is 4.84. The number of amides is 1. The summed E-state index contributed by atoms with van der Waals surface area (Å²) >= 11 is 0. The van der Waals surface area contributed by atoms with Gasteiger partial charge in [-0.2, -0.15) is 4.98 Å². The van der Waals surface area contributed by atoms with Crippen LogP contribution in [0.15, 0.2) is 21.3 Å². The van der Waals surface area contributed by atoms with E-state index in [1.807, 2.05) is 4.90 Å². The van der Waals surface area contributed by atoms with Crippen molar-refractivity contribution in [2.24, 2.45) is 0 Å². The van der Waals surface area contributed by atoms with E-state index in [0.717, 1.165) is 12.8 Å². The molecule has 122 valence electrons. The van der Waals surface area contributed by atoms with E-state index in [0.29, 0.717) is 36.2 Å². The third kappa shape index (κ3) is 2.45. The molecule has 7 heteroatoms. The molecule has 3 atom stereocenters. The first kappa shape index (κ1) is 14.4. The van der Waals surface area contributed by atoms with Crippen LogP contribution in [0.4, 0.5) is 0 Å². The number of piperidine rings is 1. The van der Waals surface area contributed by atoms with Crippen LogP contribution in [0, 0.1) is 13.8 Å². The summed E-state index contributed by atoms with van der Waals surface area (Å²) in [5, 5.41) is 3.87. The Kier molecular flexibility index (Phi) is 3.45. The SMILES string of the molecule is Cc1noc([C@@H]2C[C@@H]3OCC[C@@H]3N(C(=O)c3ccoc3C)C2)n1. The van der Waals surface area contributed by atoms with Crippen LogP contribution < -0.4 is 0 Å². The third-order valence-corrected chi connectivity index (χ3v) is 4.75. The van der Waals surface area contributed by atoms with Crippen molar-refractivity contribution < 1.29 is 18.5 Å². The highest BCUT2D eigenvalue weighted by Gasteiger charge is 2.44. The van der Waals surface area contributed by atoms with Crippen LogP contribution in [-0.2, 0) is 4.74 Å². The van der Waals surface area contributed by atoms with Gasteiger partial charge in [-0.25, -0.2) is 0 Å². The fourth-order valence-electron chi connectivity index (χ4n) is 3.60. The lowest BCUT2D eigenvalue weighted by Gasteiger charge is -2.39. The highest BCUT2D eigenvalue weighted by Crippen LogP contribution is 2.36. The van der Waals surface area contributed by atoms with Crippen LogP contribution in [0.1, 0.15) is 46.6 Å². The molecule has 23 heavy (non-hydrogen) atoms. The second kappa shape index (κ2) is 5.49. The maximum Gasteiger partial charge on any atom is 0.257 e. The number of carbonyl (C=O) groups is 1. The summed E-state index contributed by atoms with van der Waals surface area (Å²) in [5.41, 5.74) is 0.609. The first-order valence-corrected chi connectivity index (χ1v) is 7.90. The first-order chi connectivity index (χ1) is 11.1. The van der Waals surface area contributed by atoms with E-state index in [-0.39, 0.29) is 24.0 Å². The van der Waals surface area contributed by atoms with E-state index >= 15 is 0 Å². The standard InChI is InChI=1S/C16H19N3O4/c1-9-12(3-5-21-9)16(20)19-8-11(15-17-10(2)18-23-15)7-14-13(19)4-6-22-14/h3,5,11,13-14H,4,6-8H2,1-2H3/t11-,13+,14+/m1/s1. The van der Waals surface area contributed by atoms with Crippen molar-refractivity contribution in [3.8, 4) is 0 Å². The number of rotatable bonds is 2. The molecule has 0 radical (unpaired) electrons. The van der Waals surface area contributed by atoms with E-state index in [9.17, 15) is 4.79 Å². The Morgan fingerprint density at radius 3 is 2.96 bits per heavy atom. The number of ether oxygens (including phenoxy) is 1. The monoisotopic (exact) mass is 317 g/mol.